The highest BCUT2D eigenvalue weighted by molar-refractivity contribution is 5.76. The molecule has 0 fully saturated rings. The van der Waals surface area contributed by atoms with E-state index in [-0.39, 0.29) is 12.0 Å². The van der Waals surface area contributed by atoms with Crippen molar-refractivity contribution < 1.29 is 13.5 Å². The molecule has 4 rings (SSSR count). The van der Waals surface area contributed by atoms with Crippen LogP contribution in [-0.4, -0.2) is 22.4 Å². The lowest BCUT2D eigenvalue weighted by Crippen LogP contribution is -2.06. The Morgan fingerprint density at radius 2 is 2.07 bits per heavy atom. The zero-order chi connectivity index (χ0) is 20.2. The molecule has 3 heterocycles. The monoisotopic (exact) mass is 391 g/mol. The van der Waals surface area contributed by atoms with E-state index < -0.39 is 6.36 Å². The first kappa shape index (κ1) is 18.5. The zero-order valence-corrected chi connectivity index (χ0v) is 15.4. The molecule has 0 saturated heterocycles. The van der Waals surface area contributed by atoms with Gasteiger partial charge in [0, 0.05) is 6.42 Å². The summed E-state index contributed by atoms with van der Waals surface area (Å²) in [6.07, 6.45) is 5.46. The highest BCUT2D eigenvalue weighted by atomic mass is 19.1. The Kier molecular flexibility index (Phi) is 5.15. The maximum atomic E-state index is 13.2. The first-order valence-electron chi connectivity index (χ1n) is 8.95. The highest BCUT2D eigenvalue weighted by Gasteiger charge is 2.19. The van der Waals surface area contributed by atoms with Crippen molar-refractivity contribution in [3.05, 3.63) is 72.6 Å². The summed E-state index contributed by atoms with van der Waals surface area (Å²) in [4.78, 5) is 8.51. The van der Waals surface area contributed by atoms with E-state index in [1.165, 1.54) is 0 Å². The molecule has 7 nitrogen and oxygen atoms in total. The first-order chi connectivity index (χ1) is 14.1. The minimum atomic E-state index is -1.53. The number of furan rings is 1. The number of ether oxygens (including phenoxy) is 1. The van der Waals surface area contributed by atoms with Crippen molar-refractivity contribution in [1.82, 2.24) is 9.97 Å². The van der Waals surface area contributed by atoms with Crippen molar-refractivity contribution in [1.29, 1.82) is 0 Å². The number of azo groups is 1. The molecule has 2 atom stereocenters. The van der Waals surface area contributed by atoms with Crippen LogP contribution >= 0.6 is 0 Å². The average Bonchev–Trinajstić information content (AvgIpc) is 3.19. The van der Waals surface area contributed by atoms with Crippen molar-refractivity contribution in [3.63, 3.8) is 0 Å². The molecule has 3 aromatic rings. The van der Waals surface area contributed by atoms with Crippen molar-refractivity contribution in [2.24, 2.45) is 10.2 Å². The van der Waals surface area contributed by atoms with Crippen LogP contribution in [0.1, 0.15) is 11.3 Å². The Morgan fingerprint density at radius 3 is 2.79 bits per heavy atom. The van der Waals surface area contributed by atoms with Gasteiger partial charge < -0.3 is 14.9 Å². The lowest BCUT2D eigenvalue weighted by molar-refractivity contribution is 0.114. The number of nitrogen functional groups attached to an aromatic ring is 1. The average molecular weight is 391 g/mol. The minimum Gasteiger partial charge on any atom is -0.463 e. The molecular formula is C21H18FN5O2. The van der Waals surface area contributed by atoms with Gasteiger partial charge in [-0.1, -0.05) is 24.8 Å². The quantitative estimate of drug-likeness (QED) is 0.603. The molecule has 1 aliphatic heterocycles. The fraction of sp³-hybridized carbons (Fsp3) is 0.143. The van der Waals surface area contributed by atoms with Crippen LogP contribution in [-0.2, 0) is 6.42 Å². The molecule has 0 bridgehead atoms. The predicted molar refractivity (Wildman–Crippen MR) is 107 cm³/mol. The molecule has 0 spiro atoms. The Balaban J connectivity index is 1.54. The summed E-state index contributed by atoms with van der Waals surface area (Å²) in [5.74, 6) is 1.11. The zero-order valence-electron chi connectivity index (χ0n) is 15.4. The second-order valence-electron chi connectivity index (χ2n) is 6.34. The van der Waals surface area contributed by atoms with Gasteiger partial charge in [0.15, 0.2) is 5.76 Å². The van der Waals surface area contributed by atoms with E-state index in [0.717, 1.165) is 11.6 Å². The Morgan fingerprint density at radius 1 is 1.24 bits per heavy atom. The van der Waals surface area contributed by atoms with Crippen LogP contribution in [0.25, 0.3) is 17.5 Å². The number of aromatic nitrogens is 2. The molecule has 1 aliphatic rings. The Hall–Kier alpha value is -3.81. The van der Waals surface area contributed by atoms with Gasteiger partial charge in [0.1, 0.15) is 17.1 Å². The number of hydrogen-bond acceptors (Lipinski definition) is 7. The summed E-state index contributed by atoms with van der Waals surface area (Å²) in [5.41, 5.74) is 8.43. The molecule has 2 aromatic heterocycles. The van der Waals surface area contributed by atoms with Crippen LogP contribution in [0.15, 0.2) is 76.0 Å². The van der Waals surface area contributed by atoms with Crippen molar-refractivity contribution >= 4 is 17.7 Å². The summed E-state index contributed by atoms with van der Waals surface area (Å²) < 4.78 is 23.7. The van der Waals surface area contributed by atoms with Gasteiger partial charge in [0.25, 0.3) is 6.36 Å². The SMILES string of the molecule is C=CC(F)Oc1ccc(CC2C=Cc3nc(N)nc(-c4ccco4)c3N=N2)cc1. The molecule has 0 radical (unpaired) electrons. The summed E-state index contributed by atoms with van der Waals surface area (Å²) in [6, 6.07) is 10.5. The topological polar surface area (TPSA) is 98.9 Å². The lowest BCUT2D eigenvalue weighted by Gasteiger charge is -2.09. The molecule has 0 aliphatic carbocycles. The van der Waals surface area contributed by atoms with E-state index in [2.05, 4.69) is 26.8 Å². The van der Waals surface area contributed by atoms with E-state index in [9.17, 15) is 4.39 Å². The van der Waals surface area contributed by atoms with Crippen molar-refractivity contribution in [2.75, 3.05) is 5.73 Å². The molecule has 146 valence electrons. The van der Waals surface area contributed by atoms with E-state index in [1.807, 2.05) is 24.3 Å². The van der Waals surface area contributed by atoms with Gasteiger partial charge in [-0.3, -0.25) is 0 Å². The number of nitrogens with zero attached hydrogens (tertiary/aromatic N) is 4. The van der Waals surface area contributed by atoms with E-state index >= 15 is 0 Å². The van der Waals surface area contributed by atoms with Crippen LogP contribution in [0.4, 0.5) is 16.0 Å². The second kappa shape index (κ2) is 8.05. The number of alkyl halides is 1. The summed E-state index contributed by atoms with van der Waals surface area (Å²) in [5, 5.41) is 8.78. The first-order valence-corrected chi connectivity index (χ1v) is 8.95. The third kappa shape index (κ3) is 4.21. The highest BCUT2D eigenvalue weighted by Crippen LogP contribution is 2.34. The number of nitrogens with two attached hydrogens (primary N) is 1. The van der Waals surface area contributed by atoms with Crippen LogP contribution in [0.2, 0.25) is 0 Å². The standard InChI is InChI=1S/C21H18FN5O2/c1-2-18(22)29-15-8-5-13(6-9-15)12-14-7-10-16-19(27-26-14)20(25-21(23)24-16)17-4-3-11-28-17/h2-11,14,18H,1,12H2,(H2,23,24,25). The molecule has 8 heteroatoms. The van der Waals surface area contributed by atoms with Gasteiger partial charge >= 0.3 is 0 Å². The normalized spacial score (nSPS) is 16.1. The maximum absolute atomic E-state index is 13.2. The van der Waals surface area contributed by atoms with Crippen LogP contribution in [0, 0.1) is 0 Å². The molecule has 0 saturated carbocycles. The Bertz CT molecular complexity index is 1060. The predicted octanol–water partition coefficient (Wildman–Crippen LogP) is 4.90. The van der Waals surface area contributed by atoms with Crippen LogP contribution in [0.5, 0.6) is 5.75 Å². The van der Waals surface area contributed by atoms with Gasteiger partial charge in [0.2, 0.25) is 5.95 Å². The van der Waals surface area contributed by atoms with Gasteiger partial charge in [-0.2, -0.15) is 14.6 Å². The number of fused-ring (bicyclic) bond motifs is 1. The fourth-order valence-corrected chi connectivity index (χ4v) is 2.90. The van der Waals surface area contributed by atoms with Gasteiger partial charge in [-0.25, -0.2) is 9.97 Å². The number of halogens is 1. The van der Waals surface area contributed by atoms with Crippen molar-refractivity contribution in [3.8, 4) is 17.2 Å². The summed E-state index contributed by atoms with van der Waals surface area (Å²) >= 11 is 0. The molecule has 2 unspecified atom stereocenters. The minimum absolute atomic E-state index is 0.134. The molecular weight excluding hydrogens is 373 g/mol. The van der Waals surface area contributed by atoms with Gasteiger partial charge in [-0.05, 0) is 42.0 Å². The van der Waals surface area contributed by atoms with Gasteiger partial charge in [0.05, 0.1) is 18.0 Å². The Labute approximate surface area is 166 Å². The number of benzene rings is 1. The summed E-state index contributed by atoms with van der Waals surface area (Å²) in [6.45, 7) is 3.35. The van der Waals surface area contributed by atoms with Crippen LogP contribution in [0.3, 0.4) is 0 Å². The molecule has 0 amide bonds. The number of hydrogen-bond donors (Lipinski definition) is 1. The maximum Gasteiger partial charge on any atom is 0.257 e. The second-order valence-corrected chi connectivity index (χ2v) is 6.34. The lowest BCUT2D eigenvalue weighted by atomic mass is 10.1. The third-order valence-corrected chi connectivity index (χ3v) is 4.27. The van der Waals surface area contributed by atoms with Crippen LogP contribution < -0.4 is 10.5 Å². The smallest absolute Gasteiger partial charge is 0.257 e. The molecule has 2 N–H and O–H groups in total. The van der Waals surface area contributed by atoms with E-state index in [4.69, 9.17) is 14.9 Å². The third-order valence-electron chi connectivity index (χ3n) is 4.27. The fourth-order valence-electron chi connectivity index (χ4n) is 2.90. The van der Waals surface area contributed by atoms with Gasteiger partial charge in [-0.15, -0.1) is 0 Å². The van der Waals surface area contributed by atoms with Crippen molar-refractivity contribution in [2.45, 2.75) is 18.8 Å². The van der Waals surface area contributed by atoms with E-state index in [1.54, 1.807) is 30.5 Å². The largest absolute Gasteiger partial charge is 0.463 e. The molecule has 29 heavy (non-hydrogen) atoms. The number of rotatable bonds is 6. The summed E-state index contributed by atoms with van der Waals surface area (Å²) in [7, 11) is 0. The number of anilines is 1. The van der Waals surface area contributed by atoms with E-state index in [0.29, 0.717) is 35.0 Å². The molecule has 1 aromatic carbocycles.